The molecule has 0 aliphatic heterocycles. The van der Waals surface area contributed by atoms with E-state index in [1.165, 1.54) is 0 Å². The summed E-state index contributed by atoms with van der Waals surface area (Å²) in [6.07, 6.45) is -0.0155. The molecule has 0 spiro atoms. The molecule has 8 heteroatoms. The summed E-state index contributed by atoms with van der Waals surface area (Å²) in [5.41, 5.74) is 1.68. The molecule has 0 saturated carbocycles. The zero-order valence-corrected chi connectivity index (χ0v) is 9.23. The third-order valence-corrected chi connectivity index (χ3v) is 2.11. The third-order valence-electron chi connectivity index (χ3n) is 2.11. The van der Waals surface area contributed by atoms with Crippen molar-refractivity contribution >= 4 is 12.0 Å². The number of aromatic amines is 1. The molecule has 1 aromatic heterocycles. The van der Waals surface area contributed by atoms with E-state index in [1.54, 1.807) is 6.20 Å². The van der Waals surface area contributed by atoms with E-state index in [0.717, 1.165) is 11.3 Å². The van der Waals surface area contributed by atoms with Gasteiger partial charge in [0.05, 0.1) is 12.7 Å². The molecule has 2 amide bonds. The first-order chi connectivity index (χ1) is 8.00. The number of H-pyrrole nitrogens is 1. The van der Waals surface area contributed by atoms with Crippen molar-refractivity contribution in [2.75, 3.05) is 6.54 Å². The molecule has 0 saturated heterocycles. The summed E-state index contributed by atoms with van der Waals surface area (Å²) in [5.74, 6) is -1.38. The lowest BCUT2D eigenvalue weighted by Gasteiger charge is -2.08. The number of aliphatic hydroxyl groups is 1. The number of carbonyl (C=O) groups is 2. The molecule has 0 radical (unpaired) electrons. The van der Waals surface area contributed by atoms with E-state index < -0.39 is 18.1 Å². The summed E-state index contributed by atoms with van der Waals surface area (Å²) in [5, 5.41) is 28.5. The number of nitrogens with zero attached hydrogens (tertiary/aromatic N) is 1. The average Bonchev–Trinajstić information content (AvgIpc) is 2.68. The van der Waals surface area contributed by atoms with E-state index in [-0.39, 0.29) is 13.1 Å². The van der Waals surface area contributed by atoms with Crippen molar-refractivity contribution in [1.82, 2.24) is 20.8 Å². The number of amides is 2. The van der Waals surface area contributed by atoms with E-state index in [9.17, 15) is 9.59 Å². The molecule has 0 fully saturated rings. The van der Waals surface area contributed by atoms with Crippen LogP contribution in [0.15, 0.2) is 6.20 Å². The Morgan fingerprint density at radius 3 is 2.76 bits per heavy atom. The van der Waals surface area contributed by atoms with Crippen LogP contribution in [0.3, 0.4) is 0 Å². The Morgan fingerprint density at radius 1 is 1.53 bits per heavy atom. The Bertz CT molecular complexity index is 403. The molecule has 1 aromatic rings. The van der Waals surface area contributed by atoms with Gasteiger partial charge in [0, 0.05) is 17.8 Å². The molecule has 5 N–H and O–H groups in total. The smallest absolute Gasteiger partial charge is 0.334 e. The van der Waals surface area contributed by atoms with Crippen LogP contribution in [0.25, 0.3) is 0 Å². The molecule has 17 heavy (non-hydrogen) atoms. The molecule has 1 atom stereocenters. The Balaban J connectivity index is 2.27. The minimum atomic E-state index is -1.60. The van der Waals surface area contributed by atoms with Gasteiger partial charge in [-0.2, -0.15) is 5.10 Å². The highest BCUT2D eigenvalue weighted by Crippen LogP contribution is 2.00. The van der Waals surface area contributed by atoms with Gasteiger partial charge in [0.25, 0.3) is 0 Å². The number of hydrogen-bond acceptors (Lipinski definition) is 4. The van der Waals surface area contributed by atoms with Gasteiger partial charge in [0.15, 0.2) is 6.10 Å². The molecule has 1 heterocycles. The number of aliphatic hydroxyl groups excluding tert-OH is 1. The monoisotopic (exact) mass is 242 g/mol. The maximum Gasteiger partial charge on any atom is 0.334 e. The van der Waals surface area contributed by atoms with E-state index in [2.05, 4.69) is 20.8 Å². The fourth-order valence-electron chi connectivity index (χ4n) is 1.07. The fraction of sp³-hybridized carbons (Fsp3) is 0.444. The van der Waals surface area contributed by atoms with Crippen molar-refractivity contribution in [2.45, 2.75) is 19.6 Å². The molecule has 0 aliphatic carbocycles. The van der Waals surface area contributed by atoms with Crippen LogP contribution < -0.4 is 10.6 Å². The minimum absolute atomic E-state index is 0.275. The van der Waals surface area contributed by atoms with Gasteiger partial charge in [-0.1, -0.05) is 0 Å². The summed E-state index contributed by atoms with van der Waals surface area (Å²) >= 11 is 0. The second kappa shape index (κ2) is 5.85. The van der Waals surface area contributed by atoms with E-state index >= 15 is 0 Å². The van der Waals surface area contributed by atoms with Gasteiger partial charge in [-0.25, -0.2) is 9.59 Å². The van der Waals surface area contributed by atoms with Gasteiger partial charge in [-0.3, -0.25) is 5.10 Å². The van der Waals surface area contributed by atoms with Gasteiger partial charge in [0.1, 0.15) is 0 Å². The summed E-state index contributed by atoms with van der Waals surface area (Å²) in [6.45, 7) is 1.75. The first-order valence-electron chi connectivity index (χ1n) is 4.92. The van der Waals surface area contributed by atoms with Crippen molar-refractivity contribution in [1.29, 1.82) is 0 Å². The molecule has 1 rings (SSSR count). The highest BCUT2D eigenvalue weighted by atomic mass is 16.4. The normalized spacial score (nSPS) is 11.9. The standard InChI is InChI=1S/C9H14N4O4/c1-5-6(3-12-13-5)2-10-9(17)11-4-7(14)8(15)16/h3,7,14H,2,4H2,1H3,(H,12,13)(H,15,16)(H2,10,11,17). The lowest BCUT2D eigenvalue weighted by atomic mass is 10.3. The van der Waals surface area contributed by atoms with Gasteiger partial charge >= 0.3 is 12.0 Å². The van der Waals surface area contributed by atoms with Crippen LogP contribution >= 0.6 is 0 Å². The fourth-order valence-corrected chi connectivity index (χ4v) is 1.07. The predicted molar refractivity (Wildman–Crippen MR) is 57.2 cm³/mol. The zero-order chi connectivity index (χ0) is 12.8. The lowest BCUT2D eigenvalue weighted by Crippen LogP contribution is -2.41. The Kier molecular flexibility index (Phi) is 4.46. The second-order valence-electron chi connectivity index (χ2n) is 3.44. The molecular weight excluding hydrogens is 228 g/mol. The SMILES string of the molecule is Cc1[nH]ncc1CNC(=O)NCC(O)C(=O)O. The summed E-state index contributed by atoms with van der Waals surface area (Å²) in [6, 6.07) is -0.550. The highest BCUT2D eigenvalue weighted by Gasteiger charge is 2.13. The van der Waals surface area contributed by atoms with Gasteiger partial charge < -0.3 is 20.8 Å². The molecule has 0 bridgehead atoms. The van der Waals surface area contributed by atoms with E-state index in [0.29, 0.717) is 0 Å². The van der Waals surface area contributed by atoms with Crippen LogP contribution in [0.5, 0.6) is 0 Å². The molecule has 8 nitrogen and oxygen atoms in total. The first-order valence-corrected chi connectivity index (χ1v) is 4.92. The summed E-state index contributed by atoms with van der Waals surface area (Å²) < 4.78 is 0. The number of carbonyl (C=O) groups excluding carboxylic acids is 1. The number of urea groups is 1. The lowest BCUT2D eigenvalue weighted by molar-refractivity contribution is -0.146. The quantitative estimate of drug-likeness (QED) is 0.451. The largest absolute Gasteiger partial charge is 0.479 e. The highest BCUT2D eigenvalue weighted by molar-refractivity contribution is 5.76. The summed E-state index contributed by atoms with van der Waals surface area (Å²) in [4.78, 5) is 21.5. The number of nitrogens with one attached hydrogen (secondary N) is 3. The van der Waals surface area contributed by atoms with Crippen molar-refractivity contribution < 1.29 is 19.8 Å². The summed E-state index contributed by atoms with van der Waals surface area (Å²) in [7, 11) is 0. The molecule has 0 aliphatic rings. The van der Waals surface area contributed by atoms with Crippen LogP contribution in [0, 0.1) is 6.92 Å². The van der Waals surface area contributed by atoms with Gasteiger partial charge in [0.2, 0.25) is 0 Å². The number of aromatic nitrogens is 2. The number of carboxylic acids is 1. The second-order valence-corrected chi connectivity index (χ2v) is 3.44. The van der Waals surface area contributed by atoms with Gasteiger partial charge in [-0.15, -0.1) is 0 Å². The number of rotatable bonds is 5. The average molecular weight is 242 g/mol. The number of aliphatic carboxylic acids is 1. The Hall–Kier alpha value is -2.09. The number of hydrogen-bond donors (Lipinski definition) is 5. The Morgan fingerprint density at radius 2 is 2.24 bits per heavy atom. The maximum absolute atomic E-state index is 11.2. The van der Waals surface area contributed by atoms with Crippen molar-refractivity contribution in [3.05, 3.63) is 17.5 Å². The van der Waals surface area contributed by atoms with Crippen molar-refractivity contribution in [3.63, 3.8) is 0 Å². The Labute approximate surface area is 97.0 Å². The molecule has 94 valence electrons. The maximum atomic E-state index is 11.2. The first kappa shape index (κ1) is 13.0. The van der Waals surface area contributed by atoms with Gasteiger partial charge in [-0.05, 0) is 6.92 Å². The number of aryl methyl sites for hydroxylation is 1. The van der Waals surface area contributed by atoms with Crippen molar-refractivity contribution in [2.24, 2.45) is 0 Å². The zero-order valence-electron chi connectivity index (χ0n) is 9.23. The van der Waals surface area contributed by atoms with Crippen LogP contribution in [0.1, 0.15) is 11.3 Å². The van der Waals surface area contributed by atoms with Crippen molar-refractivity contribution in [3.8, 4) is 0 Å². The molecule has 1 unspecified atom stereocenters. The predicted octanol–water partition coefficient (Wildman–Crippen LogP) is -1.04. The van der Waals surface area contributed by atoms with E-state index in [1.807, 2.05) is 6.92 Å². The minimum Gasteiger partial charge on any atom is -0.479 e. The van der Waals surface area contributed by atoms with E-state index in [4.69, 9.17) is 10.2 Å². The molecule has 0 aromatic carbocycles. The third kappa shape index (κ3) is 4.11. The van der Waals surface area contributed by atoms with Crippen LogP contribution in [0.2, 0.25) is 0 Å². The van der Waals surface area contributed by atoms with Crippen LogP contribution in [-0.4, -0.2) is 45.1 Å². The van der Waals surface area contributed by atoms with Crippen LogP contribution in [0.4, 0.5) is 4.79 Å². The van der Waals surface area contributed by atoms with Crippen LogP contribution in [-0.2, 0) is 11.3 Å². The number of carboxylic acid groups (broad SMARTS) is 1. The topological polar surface area (TPSA) is 127 Å². The molecular formula is C9H14N4O4.